The Balaban J connectivity index is 3.28. The highest BCUT2D eigenvalue weighted by molar-refractivity contribution is 5.75. The van der Waals surface area contributed by atoms with Crippen molar-refractivity contribution >= 4 is 5.97 Å². The SMILES string of the molecule is CCCCCCCCCCCOC(=O)C(N)CCCCC. The number of esters is 1. The molecule has 0 aromatic rings. The molecule has 3 heteroatoms. The van der Waals surface area contributed by atoms with Crippen molar-refractivity contribution in [3.8, 4) is 0 Å². The van der Waals surface area contributed by atoms with Gasteiger partial charge in [-0.05, 0) is 12.8 Å². The number of ether oxygens (including phenoxy) is 1. The molecular formula is C18H37NO2. The Morgan fingerprint density at radius 2 is 1.29 bits per heavy atom. The second-order valence-electron chi connectivity index (χ2n) is 6.10. The average molecular weight is 299 g/mol. The molecule has 0 bridgehead atoms. The lowest BCUT2D eigenvalue weighted by molar-refractivity contribution is -0.145. The molecule has 0 saturated carbocycles. The molecule has 1 unspecified atom stereocenters. The van der Waals surface area contributed by atoms with E-state index in [9.17, 15) is 4.79 Å². The van der Waals surface area contributed by atoms with Gasteiger partial charge in [-0.25, -0.2) is 0 Å². The fourth-order valence-corrected chi connectivity index (χ4v) is 2.42. The maximum Gasteiger partial charge on any atom is 0.322 e. The number of carbonyl (C=O) groups excluding carboxylic acids is 1. The van der Waals surface area contributed by atoms with E-state index >= 15 is 0 Å². The van der Waals surface area contributed by atoms with E-state index in [4.69, 9.17) is 10.5 Å². The third kappa shape index (κ3) is 14.1. The Hall–Kier alpha value is -0.570. The Bertz CT molecular complexity index is 231. The Morgan fingerprint density at radius 1 is 0.810 bits per heavy atom. The number of hydrogen-bond donors (Lipinski definition) is 1. The van der Waals surface area contributed by atoms with E-state index in [0.29, 0.717) is 6.61 Å². The number of rotatable bonds is 15. The zero-order valence-electron chi connectivity index (χ0n) is 14.4. The van der Waals surface area contributed by atoms with Gasteiger partial charge in [0.25, 0.3) is 0 Å². The fourth-order valence-electron chi connectivity index (χ4n) is 2.42. The normalized spacial score (nSPS) is 12.3. The third-order valence-corrected chi connectivity index (χ3v) is 3.91. The molecular weight excluding hydrogens is 262 g/mol. The van der Waals surface area contributed by atoms with Gasteiger partial charge in [-0.1, -0.05) is 84.5 Å². The minimum absolute atomic E-state index is 0.217. The predicted molar refractivity (Wildman–Crippen MR) is 90.3 cm³/mol. The topological polar surface area (TPSA) is 52.3 Å². The number of hydrogen-bond acceptors (Lipinski definition) is 3. The van der Waals surface area contributed by atoms with Crippen LogP contribution in [0.4, 0.5) is 0 Å². The van der Waals surface area contributed by atoms with Crippen LogP contribution in [0.15, 0.2) is 0 Å². The largest absolute Gasteiger partial charge is 0.465 e. The molecule has 0 rings (SSSR count). The van der Waals surface area contributed by atoms with Crippen molar-refractivity contribution in [1.82, 2.24) is 0 Å². The number of carbonyl (C=O) groups is 1. The Morgan fingerprint density at radius 3 is 1.86 bits per heavy atom. The molecule has 0 aromatic heterocycles. The van der Waals surface area contributed by atoms with Gasteiger partial charge in [0.1, 0.15) is 6.04 Å². The zero-order chi connectivity index (χ0) is 15.8. The summed E-state index contributed by atoms with van der Waals surface area (Å²) in [5.74, 6) is -0.217. The van der Waals surface area contributed by atoms with Gasteiger partial charge in [0.2, 0.25) is 0 Å². The van der Waals surface area contributed by atoms with Gasteiger partial charge in [-0.15, -0.1) is 0 Å². The molecule has 126 valence electrons. The standard InChI is InChI=1S/C18H37NO2/c1-3-5-7-8-9-10-11-12-14-16-21-18(20)17(19)15-13-6-4-2/h17H,3-16,19H2,1-2H3. The van der Waals surface area contributed by atoms with E-state index in [1.165, 1.54) is 44.9 Å². The quantitative estimate of drug-likeness (QED) is 0.343. The summed E-state index contributed by atoms with van der Waals surface area (Å²) < 4.78 is 5.23. The minimum atomic E-state index is -0.421. The van der Waals surface area contributed by atoms with Gasteiger partial charge < -0.3 is 10.5 Å². The molecule has 0 radical (unpaired) electrons. The first-order chi connectivity index (χ1) is 10.2. The molecule has 0 heterocycles. The molecule has 0 aliphatic heterocycles. The van der Waals surface area contributed by atoms with Crippen LogP contribution in [-0.4, -0.2) is 18.6 Å². The van der Waals surface area contributed by atoms with Crippen molar-refractivity contribution in [2.45, 2.75) is 103 Å². The molecule has 0 saturated heterocycles. The molecule has 2 N–H and O–H groups in total. The first-order valence-corrected chi connectivity index (χ1v) is 9.14. The summed E-state index contributed by atoms with van der Waals surface area (Å²) in [4.78, 5) is 11.6. The molecule has 3 nitrogen and oxygen atoms in total. The van der Waals surface area contributed by atoms with Crippen LogP contribution < -0.4 is 5.73 Å². The summed E-state index contributed by atoms with van der Waals surface area (Å²) >= 11 is 0. The summed E-state index contributed by atoms with van der Waals surface area (Å²) in [6.45, 7) is 4.93. The van der Waals surface area contributed by atoms with Gasteiger partial charge in [0, 0.05) is 0 Å². The van der Waals surface area contributed by atoms with Crippen LogP contribution in [0.3, 0.4) is 0 Å². The van der Waals surface area contributed by atoms with Crippen LogP contribution in [0.25, 0.3) is 0 Å². The second kappa shape index (κ2) is 15.8. The van der Waals surface area contributed by atoms with E-state index in [1.807, 2.05) is 0 Å². The van der Waals surface area contributed by atoms with Gasteiger partial charge in [-0.3, -0.25) is 4.79 Å². The summed E-state index contributed by atoms with van der Waals surface area (Å²) in [7, 11) is 0. The predicted octanol–water partition coefficient (Wildman–Crippen LogP) is 4.97. The van der Waals surface area contributed by atoms with Gasteiger partial charge in [0.05, 0.1) is 6.61 Å². The average Bonchev–Trinajstić information content (AvgIpc) is 2.49. The minimum Gasteiger partial charge on any atom is -0.465 e. The van der Waals surface area contributed by atoms with E-state index < -0.39 is 6.04 Å². The Labute approximate surface area is 132 Å². The van der Waals surface area contributed by atoms with E-state index in [-0.39, 0.29) is 5.97 Å². The van der Waals surface area contributed by atoms with Gasteiger partial charge >= 0.3 is 5.97 Å². The monoisotopic (exact) mass is 299 g/mol. The molecule has 1 atom stereocenters. The maximum atomic E-state index is 11.6. The molecule has 0 aromatic carbocycles. The summed E-state index contributed by atoms with van der Waals surface area (Å²) in [5.41, 5.74) is 5.80. The van der Waals surface area contributed by atoms with Crippen LogP contribution in [0.2, 0.25) is 0 Å². The van der Waals surface area contributed by atoms with Crippen molar-refractivity contribution in [2.24, 2.45) is 5.73 Å². The first-order valence-electron chi connectivity index (χ1n) is 9.14. The molecule has 0 fully saturated rings. The molecule has 0 spiro atoms. The van der Waals surface area contributed by atoms with E-state index in [1.54, 1.807) is 0 Å². The number of unbranched alkanes of at least 4 members (excludes halogenated alkanes) is 10. The summed E-state index contributed by atoms with van der Waals surface area (Å²) in [6, 6.07) is -0.421. The summed E-state index contributed by atoms with van der Waals surface area (Å²) in [6.07, 6.45) is 15.5. The third-order valence-electron chi connectivity index (χ3n) is 3.91. The summed E-state index contributed by atoms with van der Waals surface area (Å²) in [5, 5.41) is 0. The number of nitrogens with two attached hydrogens (primary N) is 1. The van der Waals surface area contributed by atoms with Gasteiger partial charge in [-0.2, -0.15) is 0 Å². The lowest BCUT2D eigenvalue weighted by Crippen LogP contribution is -2.32. The Kier molecular flexibility index (Phi) is 15.4. The highest BCUT2D eigenvalue weighted by Crippen LogP contribution is 2.10. The van der Waals surface area contributed by atoms with Crippen molar-refractivity contribution < 1.29 is 9.53 Å². The molecule has 0 amide bonds. The molecule has 0 aliphatic carbocycles. The highest BCUT2D eigenvalue weighted by Gasteiger charge is 2.13. The van der Waals surface area contributed by atoms with Crippen molar-refractivity contribution in [3.05, 3.63) is 0 Å². The highest BCUT2D eigenvalue weighted by atomic mass is 16.5. The van der Waals surface area contributed by atoms with Crippen LogP contribution in [0.5, 0.6) is 0 Å². The zero-order valence-corrected chi connectivity index (χ0v) is 14.4. The van der Waals surface area contributed by atoms with Crippen LogP contribution in [-0.2, 0) is 9.53 Å². The second-order valence-corrected chi connectivity index (χ2v) is 6.10. The van der Waals surface area contributed by atoms with Crippen molar-refractivity contribution in [1.29, 1.82) is 0 Å². The fraction of sp³-hybridized carbons (Fsp3) is 0.944. The lowest BCUT2D eigenvalue weighted by atomic mass is 10.1. The maximum absolute atomic E-state index is 11.6. The van der Waals surface area contributed by atoms with Crippen LogP contribution >= 0.6 is 0 Å². The van der Waals surface area contributed by atoms with E-state index in [0.717, 1.165) is 38.5 Å². The van der Waals surface area contributed by atoms with Gasteiger partial charge in [0.15, 0.2) is 0 Å². The smallest absolute Gasteiger partial charge is 0.322 e. The van der Waals surface area contributed by atoms with E-state index in [2.05, 4.69) is 13.8 Å². The van der Waals surface area contributed by atoms with Crippen LogP contribution in [0, 0.1) is 0 Å². The first kappa shape index (κ1) is 20.4. The molecule has 0 aliphatic rings. The lowest BCUT2D eigenvalue weighted by Gasteiger charge is -2.11. The van der Waals surface area contributed by atoms with Crippen molar-refractivity contribution in [2.75, 3.05) is 6.61 Å². The molecule has 21 heavy (non-hydrogen) atoms. The van der Waals surface area contributed by atoms with Crippen LogP contribution in [0.1, 0.15) is 97.3 Å². The van der Waals surface area contributed by atoms with Crippen molar-refractivity contribution in [3.63, 3.8) is 0 Å².